The molecule has 30 heavy (non-hydrogen) atoms. The number of carbonyl (C=O) groups excluding carboxylic acids is 1. The highest BCUT2D eigenvalue weighted by atomic mass is 16.5. The number of carbonyl (C=O) groups is 1. The van der Waals surface area contributed by atoms with Crippen molar-refractivity contribution >= 4 is 11.9 Å². The summed E-state index contributed by atoms with van der Waals surface area (Å²) in [7, 11) is 1.81. The number of rotatable bonds is 6. The lowest BCUT2D eigenvalue weighted by atomic mass is 9.78. The Morgan fingerprint density at radius 2 is 2.03 bits per heavy atom. The Bertz CT molecular complexity index is 741. The summed E-state index contributed by atoms with van der Waals surface area (Å²) in [5.41, 5.74) is 2.51. The minimum Gasteiger partial charge on any atom is -0.377 e. The number of nitrogens with one attached hydrogen (secondary N) is 2. The molecule has 0 radical (unpaired) electrons. The van der Waals surface area contributed by atoms with Gasteiger partial charge in [0.15, 0.2) is 5.96 Å². The topological polar surface area (TPSA) is 66.0 Å². The van der Waals surface area contributed by atoms with E-state index < -0.39 is 0 Å². The van der Waals surface area contributed by atoms with Crippen molar-refractivity contribution in [2.75, 3.05) is 26.7 Å². The summed E-state index contributed by atoms with van der Waals surface area (Å²) in [6.45, 7) is 10.8. The summed E-state index contributed by atoms with van der Waals surface area (Å²) in [4.78, 5) is 18.2. The van der Waals surface area contributed by atoms with Gasteiger partial charge in [0.2, 0.25) is 5.91 Å². The second-order valence-electron chi connectivity index (χ2n) is 9.61. The van der Waals surface area contributed by atoms with Gasteiger partial charge < -0.3 is 20.3 Å². The highest BCUT2D eigenvalue weighted by Gasteiger charge is 2.35. The van der Waals surface area contributed by atoms with Crippen LogP contribution in [-0.4, -0.2) is 49.6 Å². The van der Waals surface area contributed by atoms with E-state index in [2.05, 4.69) is 60.7 Å². The zero-order chi connectivity index (χ0) is 21.6. The fraction of sp³-hybridized carbons (Fsp3) is 0.667. The summed E-state index contributed by atoms with van der Waals surface area (Å²) in [6.07, 6.45) is 4.23. The molecule has 6 nitrogen and oxygen atoms in total. The lowest BCUT2D eigenvalue weighted by Crippen LogP contribution is -2.47. The van der Waals surface area contributed by atoms with Gasteiger partial charge in [-0.2, -0.15) is 0 Å². The van der Waals surface area contributed by atoms with E-state index in [1.54, 1.807) is 0 Å². The molecule has 0 bridgehead atoms. The van der Waals surface area contributed by atoms with E-state index >= 15 is 0 Å². The van der Waals surface area contributed by atoms with E-state index in [1.165, 1.54) is 17.5 Å². The number of ether oxygens (including phenoxy) is 1. The first kappa shape index (κ1) is 22.6. The smallest absolute Gasteiger partial charge is 0.222 e. The highest BCUT2D eigenvalue weighted by Crippen LogP contribution is 2.33. The number of benzene rings is 1. The third-order valence-corrected chi connectivity index (χ3v) is 6.05. The predicted molar refractivity (Wildman–Crippen MR) is 121 cm³/mol. The largest absolute Gasteiger partial charge is 0.377 e. The molecule has 0 aliphatic carbocycles. The maximum atomic E-state index is 11.9. The third-order valence-electron chi connectivity index (χ3n) is 6.05. The second kappa shape index (κ2) is 10.3. The molecule has 166 valence electrons. The fourth-order valence-electron chi connectivity index (χ4n) is 4.57. The average Bonchev–Trinajstić information content (AvgIpc) is 3.12. The zero-order valence-electron chi connectivity index (χ0n) is 19.0. The van der Waals surface area contributed by atoms with Crippen molar-refractivity contribution in [2.45, 2.75) is 65.6 Å². The molecular weight excluding hydrogens is 376 g/mol. The molecule has 6 heteroatoms. The van der Waals surface area contributed by atoms with E-state index in [4.69, 9.17) is 4.74 Å². The van der Waals surface area contributed by atoms with Crippen LogP contribution in [-0.2, 0) is 22.6 Å². The predicted octanol–water partition coefficient (Wildman–Crippen LogP) is 3.32. The van der Waals surface area contributed by atoms with E-state index in [0.29, 0.717) is 25.4 Å². The Hall–Kier alpha value is -2.08. The number of aliphatic imine (C=N–C) groups is 1. The number of likely N-dealkylation sites (tertiary alicyclic amines) is 1. The fourth-order valence-corrected chi connectivity index (χ4v) is 4.57. The molecule has 1 aromatic carbocycles. The van der Waals surface area contributed by atoms with Crippen molar-refractivity contribution in [1.29, 1.82) is 0 Å². The Labute approximate surface area is 181 Å². The lowest BCUT2D eigenvalue weighted by molar-refractivity contribution is -0.128. The molecule has 0 saturated carbocycles. The molecule has 2 atom stereocenters. The van der Waals surface area contributed by atoms with E-state index in [-0.39, 0.29) is 17.4 Å². The minimum atomic E-state index is 0.140. The monoisotopic (exact) mass is 414 g/mol. The summed E-state index contributed by atoms with van der Waals surface area (Å²) in [5, 5.41) is 6.92. The van der Waals surface area contributed by atoms with Gasteiger partial charge in [-0.25, -0.2) is 0 Å². The van der Waals surface area contributed by atoms with Gasteiger partial charge in [-0.1, -0.05) is 45.0 Å². The quantitative estimate of drug-likeness (QED) is 0.554. The number of guanidine groups is 1. The van der Waals surface area contributed by atoms with Gasteiger partial charge in [-0.15, -0.1) is 0 Å². The molecule has 2 aliphatic rings. The molecule has 2 fully saturated rings. The van der Waals surface area contributed by atoms with Crippen LogP contribution in [0.5, 0.6) is 0 Å². The molecule has 2 saturated heterocycles. The van der Waals surface area contributed by atoms with Crippen LogP contribution in [0.15, 0.2) is 29.3 Å². The number of amides is 1. The Morgan fingerprint density at radius 1 is 1.23 bits per heavy atom. The second-order valence-corrected chi connectivity index (χ2v) is 9.61. The van der Waals surface area contributed by atoms with Crippen molar-refractivity contribution in [3.63, 3.8) is 0 Å². The SMILES string of the molecule is CN=C(NCc1cccc(CN2CCCC2=O)c1)NCC1CCCOC1C(C)(C)C. The molecule has 2 unspecified atom stereocenters. The maximum absolute atomic E-state index is 11.9. The van der Waals surface area contributed by atoms with E-state index in [1.807, 2.05) is 11.9 Å². The standard InChI is InChI=1S/C24H38N4O2/c1-24(2,3)22-20(10-7-13-30-22)16-27-23(25-4)26-15-18-8-5-9-19(14-18)17-28-12-6-11-21(28)29/h5,8-9,14,20,22H,6-7,10-13,15-17H2,1-4H3,(H2,25,26,27). The first-order chi connectivity index (χ1) is 14.4. The van der Waals surface area contributed by atoms with Crippen LogP contribution in [0.2, 0.25) is 0 Å². The van der Waals surface area contributed by atoms with Gasteiger partial charge in [0.05, 0.1) is 6.10 Å². The van der Waals surface area contributed by atoms with Crippen molar-refractivity contribution in [3.05, 3.63) is 35.4 Å². The first-order valence-electron chi connectivity index (χ1n) is 11.3. The molecule has 0 spiro atoms. The number of hydrogen-bond acceptors (Lipinski definition) is 3. The van der Waals surface area contributed by atoms with Crippen molar-refractivity contribution in [3.8, 4) is 0 Å². The highest BCUT2D eigenvalue weighted by molar-refractivity contribution is 5.79. The maximum Gasteiger partial charge on any atom is 0.222 e. The van der Waals surface area contributed by atoms with Crippen molar-refractivity contribution in [1.82, 2.24) is 15.5 Å². The Balaban J connectivity index is 1.50. The molecular formula is C24H38N4O2. The van der Waals surface area contributed by atoms with Gasteiger partial charge in [-0.3, -0.25) is 9.79 Å². The minimum absolute atomic E-state index is 0.140. The zero-order valence-corrected chi connectivity index (χ0v) is 19.0. The van der Waals surface area contributed by atoms with Gasteiger partial charge in [-0.05, 0) is 35.8 Å². The van der Waals surface area contributed by atoms with Crippen LogP contribution < -0.4 is 10.6 Å². The summed E-state index contributed by atoms with van der Waals surface area (Å²) in [6, 6.07) is 8.45. The summed E-state index contributed by atoms with van der Waals surface area (Å²) < 4.78 is 6.10. The van der Waals surface area contributed by atoms with E-state index in [9.17, 15) is 4.79 Å². The molecule has 2 N–H and O–H groups in total. The van der Waals surface area contributed by atoms with Crippen molar-refractivity contribution < 1.29 is 9.53 Å². The van der Waals surface area contributed by atoms with Crippen LogP contribution in [0.25, 0.3) is 0 Å². The molecule has 2 heterocycles. The molecule has 1 amide bonds. The first-order valence-corrected chi connectivity index (χ1v) is 11.3. The van der Waals surface area contributed by atoms with Gasteiger partial charge in [0.1, 0.15) is 0 Å². The van der Waals surface area contributed by atoms with Crippen LogP contribution in [0.1, 0.15) is 57.6 Å². The number of hydrogen-bond donors (Lipinski definition) is 2. The third kappa shape index (κ3) is 6.21. The summed E-state index contributed by atoms with van der Waals surface area (Å²) in [5.74, 6) is 1.57. The van der Waals surface area contributed by atoms with Crippen LogP contribution in [0.3, 0.4) is 0 Å². The summed E-state index contributed by atoms with van der Waals surface area (Å²) >= 11 is 0. The molecule has 2 aliphatic heterocycles. The van der Waals surface area contributed by atoms with Crippen molar-refractivity contribution in [2.24, 2.45) is 16.3 Å². The molecule has 1 aromatic rings. The van der Waals surface area contributed by atoms with Crippen LogP contribution in [0, 0.1) is 11.3 Å². The molecule has 0 aromatic heterocycles. The Morgan fingerprint density at radius 3 is 2.73 bits per heavy atom. The average molecular weight is 415 g/mol. The normalized spacial score (nSPS) is 23.0. The van der Waals surface area contributed by atoms with Crippen LogP contribution in [0.4, 0.5) is 0 Å². The molecule has 3 rings (SSSR count). The van der Waals surface area contributed by atoms with Crippen LogP contribution >= 0.6 is 0 Å². The Kier molecular flexibility index (Phi) is 7.75. The lowest BCUT2D eigenvalue weighted by Gasteiger charge is -2.40. The van der Waals surface area contributed by atoms with Gasteiger partial charge in [0.25, 0.3) is 0 Å². The number of nitrogens with zero attached hydrogens (tertiary/aromatic N) is 2. The van der Waals surface area contributed by atoms with E-state index in [0.717, 1.165) is 38.5 Å². The van der Waals surface area contributed by atoms with Gasteiger partial charge in [0, 0.05) is 52.2 Å². The van der Waals surface area contributed by atoms with Gasteiger partial charge >= 0.3 is 0 Å².